The Morgan fingerprint density at radius 1 is 0.333 bits per heavy atom. The van der Waals surface area contributed by atoms with Crippen LogP contribution >= 0.6 is 19.0 Å². The smallest absolute Gasteiger partial charge is 0.266 e. The van der Waals surface area contributed by atoms with Crippen molar-refractivity contribution in [1.29, 1.82) is 0 Å². The summed E-state index contributed by atoms with van der Waals surface area (Å²) < 4.78 is 0. The molecule has 0 unspecified atom stereocenters. The predicted octanol–water partition coefficient (Wildman–Crippen LogP) is 8.06. The quantitative estimate of drug-likeness (QED) is 0.117. The highest BCUT2D eigenvalue weighted by Gasteiger charge is 2.49. The van der Waals surface area contributed by atoms with Crippen molar-refractivity contribution in [1.82, 2.24) is 0 Å². The van der Waals surface area contributed by atoms with Gasteiger partial charge in [-0.05, 0) is 115 Å². The Kier molecular flexibility index (Phi) is 8.38. The number of anilines is 2. The molecule has 0 radical (unpaired) electrons. The fraction of sp³-hybridized carbons (Fsp3) is 0. The van der Waals surface area contributed by atoms with Gasteiger partial charge in [-0.25, -0.2) is 9.80 Å². The molecule has 8 heteroatoms. The lowest BCUT2D eigenvalue weighted by atomic mass is 10.1. The Morgan fingerprint density at radius 3 is 1.09 bits per heavy atom. The molecule has 2 aliphatic heterocycles. The zero-order valence-electron chi connectivity index (χ0n) is 28.7. The molecular weight excluding hydrogens is 708 g/mol. The third kappa shape index (κ3) is 5.40. The fourth-order valence-electron chi connectivity index (χ4n) is 7.41. The standard InChI is InChI=1S/C46H30N2O4PS/c49-43-39-18-10-11-19-40(39)44(50)47(43)31-20-25-37(26-21-31)54-38-27-22-32(23-28-38)48-45(51)41-29-24-36(30-42(41)46(48)52)53(33-12-4-1-5-13-33,34-14-6-2-7-15-34)35-16-8-3-9-17-35/h1-30H/q+1. The number of fused-ring (bicyclic) bond motifs is 2. The van der Waals surface area contributed by atoms with Gasteiger partial charge in [0.2, 0.25) is 0 Å². The minimum absolute atomic E-state index is 0.333. The molecule has 0 saturated carbocycles. The number of rotatable bonds is 8. The molecule has 0 aliphatic carbocycles. The van der Waals surface area contributed by atoms with E-state index in [1.807, 2.05) is 60.7 Å². The Bertz CT molecular complexity index is 2470. The third-order valence-corrected chi connectivity index (χ3v) is 15.2. The van der Waals surface area contributed by atoms with Crippen molar-refractivity contribution in [2.24, 2.45) is 0 Å². The summed E-state index contributed by atoms with van der Waals surface area (Å²) in [5.74, 6) is -1.37. The Morgan fingerprint density at radius 2 is 0.685 bits per heavy atom. The van der Waals surface area contributed by atoms with E-state index < -0.39 is 7.26 Å². The van der Waals surface area contributed by atoms with Crippen molar-refractivity contribution in [3.05, 3.63) is 204 Å². The van der Waals surface area contributed by atoms with Crippen LogP contribution < -0.4 is 31.0 Å². The van der Waals surface area contributed by atoms with Crippen LogP contribution in [0.15, 0.2) is 192 Å². The van der Waals surface area contributed by atoms with Gasteiger partial charge in [0, 0.05) is 9.79 Å². The van der Waals surface area contributed by atoms with Crippen LogP contribution in [0.5, 0.6) is 0 Å². The number of hydrogen-bond donors (Lipinski definition) is 0. The van der Waals surface area contributed by atoms with Gasteiger partial charge in [-0.15, -0.1) is 0 Å². The van der Waals surface area contributed by atoms with Crippen LogP contribution in [0.3, 0.4) is 0 Å². The number of hydrogen-bond acceptors (Lipinski definition) is 5. The summed E-state index contributed by atoms with van der Waals surface area (Å²) in [7, 11) is -2.47. The predicted molar refractivity (Wildman–Crippen MR) is 217 cm³/mol. The van der Waals surface area contributed by atoms with E-state index in [-0.39, 0.29) is 23.6 Å². The van der Waals surface area contributed by atoms with Crippen LogP contribution in [-0.4, -0.2) is 23.6 Å². The van der Waals surface area contributed by atoms with Gasteiger partial charge in [0.1, 0.15) is 28.5 Å². The molecule has 54 heavy (non-hydrogen) atoms. The van der Waals surface area contributed by atoms with Gasteiger partial charge in [-0.2, -0.15) is 0 Å². The highest BCUT2D eigenvalue weighted by Crippen LogP contribution is 2.54. The summed E-state index contributed by atoms with van der Waals surface area (Å²) in [6.45, 7) is 0. The van der Waals surface area contributed by atoms with Crippen molar-refractivity contribution in [3.63, 3.8) is 0 Å². The highest BCUT2D eigenvalue weighted by atomic mass is 32.2. The van der Waals surface area contributed by atoms with Crippen LogP contribution in [0, 0.1) is 0 Å². The molecule has 2 aliphatic rings. The van der Waals surface area contributed by atoms with Gasteiger partial charge < -0.3 is 0 Å². The van der Waals surface area contributed by atoms with E-state index in [1.54, 1.807) is 48.5 Å². The Labute approximate surface area is 317 Å². The maximum atomic E-state index is 14.2. The fourth-order valence-corrected chi connectivity index (χ4v) is 12.5. The minimum Gasteiger partial charge on any atom is -0.268 e. The zero-order chi connectivity index (χ0) is 36.8. The van der Waals surface area contributed by atoms with Crippen LogP contribution in [0.4, 0.5) is 11.4 Å². The van der Waals surface area contributed by atoms with E-state index >= 15 is 0 Å². The molecule has 0 aromatic heterocycles. The largest absolute Gasteiger partial charge is 0.268 e. The summed E-state index contributed by atoms with van der Waals surface area (Å²) in [5, 5.41) is 4.46. The van der Waals surface area contributed by atoms with E-state index in [0.717, 1.165) is 31.0 Å². The number of carbonyl (C=O) groups excluding carboxylic acids is 4. The lowest BCUT2D eigenvalue weighted by Crippen LogP contribution is -2.38. The number of carbonyl (C=O) groups is 4. The maximum Gasteiger partial charge on any atom is 0.266 e. The van der Waals surface area contributed by atoms with Crippen molar-refractivity contribution in [2.75, 3.05) is 9.80 Å². The van der Waals surface area contributed by atoms with Gasteiger partial charge in [0.25, 0.3) is 23.6 Å². The van der Waals surface area contributed by atoms with Crippen molar-refractivity contribution < 1.29 is 19.2 Å². The van der Waals surface area contributed by atoms with Crippen LogP contribution in [-0.2, 0) is 0 Å². The van der Waals surface area contributed by atoms with Gasteiger partial charge in [0.05, 0.1) is 33.6 Å². The molecule has 0 atom stereocenters. The second-order valence-corrected chi connectivity index (χ2v) is 17.5. The number of benzene rings is 7. The third-order valence-electron chi connectivity index (χ3n) is 9.91. The van der Waals surface area contributed by atoms with Crippen LogP contribution in [0.25, 0.3) is 0 Å². The lowest BCUT2D eigenvalue weighted by Gasteiger charge is -2.27. The molecule has 0 N–H and O–H groups in total. The first-order valence-electron chi connectivity index (χ1n) is 17.4. The summed E-state index contributed by atoms with van der Waals surface area (Å²) >= 11 is 1.49. The molecule has 7 aromatic carbocycles. The van der Waals surface area contributed by atoms with E-state index in [2.05, 4.69) is 72.8 Å². The Hall–Kier alpha value is -6.40. The normalized spacial score (nSPS) is 13.7. The average Bonchev–Trinajstić information content (AvgIpc) is 3.63. The summed E-state index contributed by atoms with van der Waals surface area (Å²) in [6.07, 6.45) is 0. The molecule has 4 amide bonds. The molecule has 7 aromatic rings. The summed E-state index contributed by atoms with van der Waals surface area (Å²) in [5.41, 5.74) is 2.57. The molecule has 9 rings (SSSR count). The van der Waals surface area contributed by atoms with Gasteiger partial charge in [-0.3, -0.25) is 19.2 Å². The summed E-state index contributed by atoms with van der Waals surface area (Å²) in [6, 6.07) is 58.4. The number of nitrogens with zero attached hydrogens (tertiary/aromatic N) is 2. The van der Waals surface area contributed by atoms with E-state index in [9.17, 15) is 19.2 Å². The molecule has 0 fully saturated rings. The first-order chi connectivity index (χ1) is 26.4. The molecule has 258 valence electrons. The first kappa shape index (κ1) is 33.4. The topological polar surface area (TPSA) is 74.8 Å². The highest BCUT2D eigenvalue weighted by molar-refractivity contribution is 8.01. The maximum absolute atomic E-state index is 14.2. The second-order valence-electron chi connectivity index (χ2n) is 12.9. The number of amides is 4. The molecule has 2 heterocycles. The van der Waals surface area contributed by atoms with Crippen molar-refractivity contribution >= 4 is 75.2 Å². The van der Waals surface area contributed by atoms with Crippen LogP contribution in [0.2, 0.25) is 0 Å². The van der Waals surface area contributed by atoms with E-state index in [4.69, 9.17) is 0 Å². The van der Waals surface area contributed by atoms with E-state index in [1.165, 1.54) is 21.6 Å². The molecule has 0 saturated heterocycles. The Balaban J connectivity index is 0.997. The van der Waals surface area contributed by atoms with Crippen molar-refractivity contribution in [3.8, 4) is 0 Å². The van der Waals surface area contributed by atoms with Gasteiger partial charge in [-0.1, -0.05) is 78.5 Å². The number of imide groups is 2. The zero-order valence-corrected chi connectivity index (χ0v) is 30.4. The first-order valence-corrected chi connectivity index (χ1v) is 20.0. The average molecular weight is 738 g/mol. The molecule has 0 bridgehead atoms. The SMILES string of the molecule is O=C1c2ccccc2C(=O)N1c1ccc(Sc2ccc(N3C(=O)c4ccc([P+](c5ccccc5)(c5ccccc5)c5ccccc5)cc4C3=O)cc2)cc1. The molecule has 0 spiro atoms. The monoisotopic (exact) mass is 737 g/mol. The minimum atomic E-state index is -2.47. The molecule has 6 nitrogen and oxygen atoms in total. The second kappa shape index (κ2) is 13.5. The lowest BCUT2D eigenvalue weighted by molar-refractivity contribution is 0.0910. The van der Waals surface area contributed by atoms with Crippen molar-refractivity contribution in [2.45, 2.75) is 9.79 Å². The van der Waals surface area contributed by atoms with Crippen LogP contribution in [0.1, 0.15) is 41.4 Å². The van der Waals surface area contributed by atoms with E-state index in [0.29, 0.717) is 33.6 Å². The van der Waals surface area contributed by atoms with Gasteiger partial charge in [0.15, 0.2) is 0 Å². The summed E-state index contributed by atoms with van der Waals surface area (Å²) in [4.78, 5) is 58.2. The van der Waals surface area contributed by atoms with Gasteiger partial charge >= 0.3 is 0 Å². The molecular formula is C46H30N2O4PS+.